The van der Waals surface area contributed by atoms with E-state index in [0.717, 1.165) is 11.8 Å². The van der Waals surface area contributed by atoms with Crippen molar-refractivity contribution in [1.82, 2.24) is 5.32 Å². The summed E-state index contributed by atoms with van der Waals surface area (Å²) in [7, 11) is 1.30. The molecule has 0 unspecified atom stereocenters. The van der Waals surface area contributed by atoms with Crippen LogP contribution in [0.15, 0.2) is 36.3 Å². The van der Waals surface area contributed by atoms with Gasteiger partial charge in [0.15, 0.2) is 6.61 Å². The van der Waals surface area contributed by atoms with Crippen LogP contribution in [0.4, 0.5) is 0 Å². The molecule has 0 radical (unpaired) electrons. The van der Waals surface area contributed by atoms with E-state index in [1.807, 2.05) is 0 Å². The average molecular weight is 335 g/mol. The van der Waals surface area contributed by atoms with Crippen molar-refractivity contribution in [2.45, 2.75) is 6.54 Å². The minimum Gasteiger partial charge on any atom is -0.493 e. The van der Waals surface area contributed by atoms with Crippen LogP contribution in [-0.2, 0) is 35.1 Å². The standard InChI is InChI=1S/C16H17NO7/c1-21-15(19)12-4-2-11(3-5-12)8-17-14(18)10-24-16(20)13-9-22-6-7-23-13/h2-5,9H,6-8,10H2,1H3,(H,17,18). The van der Waals surface area contributed by atoms with Crippen molar-refractivity contribution in [3.8, 4) is 0 Å². The Labute approximate surface area is 138 Å². The smallest absolute Gasteiger partial charge is 0.377 e. The van der Waals surface area contributed by atoms with Gasteiger partial charge in [0.2, 0.25) is 5.76 Å². The molecule has 1 heterocycles. The van der Waals surface area contributed by atoms with Crippen LogP contribution in [0.3, 0.4) is 0 Å². The molecule has 0 atom stereocenters. The molecule has 8 heteroatoms. The predicted octanol–water partition coefficient (Wildman–Crippen LogP) is 0.521. The third-order valence-corrected chi connectivity index (χ3v) is 3.05. The summed E-state index contributed by atoms with van der Waals surface area (Å²) >= 11 is 0. The molecule has 0 aromatic heterocycles. The highest BCUT2D eigenvalue weighted by atomic mass is 16.6. The van der Waals surface area contributed by atoms with Crippen LogP contribution in [0.1, 0.15) is 15.9 Å². The highest BCUT2D eigenvalue weighted by Crippen LogP contribution is 2.07. The lowest BCUT2D eigenvalue weighted by Crippen LogP contribution is -2.29. The molecule has 1 amide bonds. The second-order valence-electron chi connectivity index (χ2n) is 4.74. The van der Waals surface area contributed by atoms with Gasteiger partial charge in [-0.1, -0.05) is 12.1 Å². The molecule has 8 nitrogen and oxygen atoms in total. The molecule has 1 N–H and O–H groups in total. The second kappa shape index (κ2) is 8.56. The van der Waals surface area contributed by atoms with E-state index in [1.165, 1.54) is 7.11 Å². The number of amides is 1. The predicted molar refractivity (Wildman–Crippen MR) is 80.6 cm³/mol. The van der Waals surface area contributed by atoms with E-state index in [4.69, 9.17) is 14.2 Å². The normalized spacial score (nSPS) is 13.0. The number of esters is 2. The fourth-order valence-electron chi connectivity index (χ4n) is 1.81. The van der Waals surface area contributed by atoms with Gasteiger partial charge in [0.25, 0.3) is 5.91 Å². The number of hydrogen-bond donors (Lipinski definition) is 1. The summed E-state index contributed by atoms with van der Waals surface area (Å²) in [5, 5.41) is 2.60. The Morgan fingerprint density at radius 2 is 1.88 bits per heavy atom. The fraction of sp³-hybridized carbons (Fsp3) is 0.312. The first-order chi connectivity index (χ1) is 11.6. The van der Waals surface area contributed by atoms with Gasteiger partial charge in [-0.15, -0.1) is 0 Å². The molecule has 2 rings (SSSR count). The largest absolute Gasteiger partial charge is 0.493 e. The SMILES string of the molecule is COC(=O)c1ccc(CNC(=O)COC(=O)C2=COCCO2)cc1. The molecule has 0 saturated heterocycles. The zero-order valence-electron chi connectivity index (χ0n) is 13.1. The lowest BCUT2D eigenvalue weighted by atomic mass is 10.1. The van der Waals surface area contributed by atoms with Crippen LogP contribution < -0.4 is 5.32 Å². The van der Waals surface area contributed by atoms with Gasteiger partial charge in [-0.05, 0) is 17.7 Å². The first kappa shape index (κ1) is 17.3. The van der Waals surface area contributed by atoms with Crippen LogP contribution in [-0.4, -0.2) is 44.8 Å². The van der Waals surface area contributed by atoms with Crippen LogP contribution >= 0.6 is 0 Å². The average Bonchev–Trinajstić information content (AvgIpc) is 2.64. The minimum atomic E-state index is -0.757. The lowest BCUT2D eigenvalue weighted by molar-refractivity contribution is -0.149. The van der Waals surface area contributed by atoms with Crippen LogP contribution in [0.25, 0.3) is 0 Å². The molecule has 0 spiro atoms. The van der Waals surface area contributed by atoms with Crippen LogP contribution in [0, 0.1) is 0 Å². The highest BCUT2D eigenvalue weighted by Gasteiger charge is 2.17. The zero-order valence-corrected chi connectivity index (χ0v) is 13.1. The summed E-state index contributed by atoms with van der Waals surface area (Å²) in [4.78, 5) is 34.6. The Balaban J connectivity index is 1.73. The molecule has 1 aromatic rings. The van der Waals surface area contributed by atoms with Crippen molar-refractivity contribution in [3.63, 3.8) is 0 Å². The number of ether oxygens (including phenoxy) is 4. The van der Waals surface area contributed by atoms with Crippen molar-refractivity contribution < 1.29 is 33.3 Å². The van der Waals surface area contributed by atoms with Crippen molar-refractivity contribution in [2.75, 3.05) is 26.9 Å². The van der Waals surface area contributed by atoms with E-state index >= 15 is 0 Å². The zero-order chi connectivity index (χ0) is 17.4. The van der Waals surface area contributed by atoms with Crippen molar-refractivity contribution in [3.05, 3.63) is 47.4 Å². The summed E-state index contributed by atoms with van der Waals surface area (Å²) in [6.07, 6.45) is 1.16. The monoisotopic (exact) mass is 335 g/mol. The van der Waals surface area contributed by atoms with Crippen molar-refractivity contribution in [2.24, 2.45) is 0 Å². The third kappa shape index (κ3) is 5.01. The Morgan fingerprint density at radius 3 is 2.50 bits per heavy atom. The van der Waals surface area contributed by atoms with Gasteiger partial charge in [0.1, 0.15) is 19.5 Å². The molecule has 128 valence electrons. The molecule has 0 bridgehead atoms. The molecule has 0 saturated carbocycles. The molecule has 1 aromatic carbocycles. The summed E-state index contributed by atoms with van der Waals surface area (Å²) < 4.78 is 19.4. The van der Waals surface area contributed by atoms with E-state index in [0.29, 0.717) is 12.2 Å². The Bertz CT molecular complexity index is 636. The lowest BCUT2D eigenvalue weighted by Gasteiger charge is -2.14. The van der Waals surface area contributed by atoms with Gasteiger partial charge in [0.05, 0.1) is 12.7 Å². The van der Waals surface area contributed by atoms with Crippen molar-refractivity contribution in [1.29, 1.82) is 0 Å². The highest BCUT2D eigenvalue weighted by molar-refractivity contribution is 5.89. The number of nitrogens with one attached hydrogen (secondary N) is 1. The summed E-state index contributed by atoms with van der Waals surface area (Å²) in [5.41, 5.74) is 1.21. The number of benzene rings is 1. The molecule has 0 aliphatic carbocycles. The van der Waals surface area contributed by atoms with Gasteiger partial charge in [-0.2, -0.15) is 0 Å². The number of hydrogen-bond acceptors (Lipinski definition) is 7. The maximum Gasteiger partial charge on any atom is 0.377 e. The quantitative estimate of drug-likeness (QED) is 0.757. The summed E-state index contributed by atoms with van der Waals surface area (Å²) in [5.74, 6) is -1.71. The minimum absolute atomic E-state index is 0.0625. The number of carbonyl (C=O) groups is 3. The van der Waals surface area contributed by atoms with Crippen molar-refractivity contribution >= 4 is 17.8 Å². The van der Waals surface area contributed by atoms with Gasteiger partial charge in [-0.3, -0.25) is 4.79 Å². The fourth-order valence-corrected chi connectivity index (χ4v) is 1.81. The van der Waals surface area contributed by atoms with Gasteiger partial charge >= 0.3 is 11.9 Å². The van der Waals surface area contributed by atoms with E-state index in [2.05, 4.69) is 10.1 Å². The molecular formula is C16H17NO7. The maximum absolute atomic E-state index is 11.7. The van der Waals surface area contributed by atoms with Crippen LogP contribution in [0.5, 0.6) is 0 Å². The van der Waals surface area contributed by atoms with Gasteiger partial charge in [0, 0.05) is 6.54 Å². The Morgan fingerprint density at radius 1 is 1.12 bits per heavy atom. The number of methoxy groups -OCH3 is 1. The maximum atomic E-state index is 11.7. The van der Waals surface area contributed by atoms with Gasteiger partial charge in [-0.25, -0.2) is 9.59 Å². The Kier molecular flexibility index (Phi) is 6.18. The third-order valence-electron chi connectivity index (χ3n) is 3.05. The second-order valence-corrected chi connectivity index (χ2v) is 4.74. The number of carbonyl (C=O) groups excluding carboxylic acids is 3. The summed E-state index contributed by atoms with van der Waals surface area (Å²) in [6, 6.07) is 6.58. The Hall–Kier alpha value is -3.03. The molecule has 0 fully saturated rings. The molecule has 1 aliphatic rings. The van der Waals surface area contributed by atoms with E-state index in [9.17, 15) is 14.4 Å². The first-order valence-corrected chi connectivity index (χ1v) is 7.16. The van der Waals surface area contributed by atoms with E-state index in [-0.39, 0.29) is 18.9 Å². The van der Waals surface area contributed by atoms with Gasteiger partial charge < -0.3 is 24.3 Å². The topological polar surface area (TPSA) is 100 Å². The van der Waals surface area contributed by atoms with Crippen LogP contribution in [0.2, 0.25) is 0 Å². The number of rotatable bonds is 6. The molecular weight excluding hydrogens is 318 g/mol. The molecule has 1 aliphatic heterocycles. The molecule has 24 heavy (non-hydrogen) atoms. The summed E-state index contributed by atoms with van der Waals surface area (Å²) in [6.45, 7) is 0.431. The van der Waals surface area contributed by atoms with E-state index < -0.39 is 24.5 Å². The van der Waals surface area contributed by atoms with E-state index in [1.54, 1.807) is 24.3 Å². The first-order valence-electron chi connectivity index (χ1n) is 7.16.